The summed E-state index contributed by atoms with van der Waals surface area (Å²) in [5, 5.41) is 15.0. The Balaban J connectivity index is 2.28. The highest BCUT2D eigenvalue weighted by Gasteiger charge is 2.14. The number of rotatable bonds is 3. The number of carbonyl (C=O) groups excluding carboxylic acids is 1. The second-order valence-corrected chi connectivity index (χ2v) is 6.14. The zero-order valence-electron chi connectivity index (χ0n) is 10.9. The summed E-state index contributed by atoms with van der Waals surface area (Å²) in [7, 11) is -3.86. The van der Waals surface area contributed by atoms with Crippen molar-refractivity contribution in [1.82, 2.24) is 10.2 Å². The number of nitrogens with zero attached hydrogens (tertiary/aromatic N) is 2. The number of sulfonamides is 1. The average Bonchev–Trinajstić information content (AvgIpc) is 2.40. The quantitative estimate of drug-likeness (QED) is 0.883. The molecule has 0 fully saturated rings. The van der Waals surface area contributed by atoms with E-state index in [4.69, 9.17) is 16.7 Å². The summed E-state index contributed by atoms with van der Waals surface area (Å²) in [6.07, 6.45) is 0. The Labute approximate surface area is 126 Å². The number of hydrogen-bond donors (Lipinski definition) is 2. The minimum atomic E-state index is -3.86. The van der Waals surface area contributed by atoms with E-state index in [2.05, 4.69) is 15.5 Å². The molecular formula is C12H11ClN4O3S. The number of aryl methyl sites for hydroxylation is 1. The highest BCUT2D eigenvalue weighted by atomic mass is 35.5. The monoisotopic (exact) mass is 326 g/mol. The van der Waals surface area contributed by atoms with Gasteiger partial charge in [0.1, 0.15) is 0 Å². The van der Waals surface area contributed by atoms with Crippen LogP contribution in [0.5, 0.6) is 0 Å². The molecule has 0 aliphatic carbocycles. The van der Waals surface area contributed by atoms with Gasteiger partial charge in [0, 0.05) is 5.69 Å². The van der Waals surface area contributed by atoms with Gasteiger partial charge < -0.3 is 5.32 Å². The lowest BCUT2D eigenvalue weighted by molar-refractivity contribution is 0.102. The van der Waals surface area contributed by atoms with Gasteiger partial charge >= 0.3 is 0 Å². The van der Waals surface area contributed by atoms with Crippen molar-refractivity contribution in [2.75, 3.05) is 5.32 Å². The second-order valence-electron chi connectivity index (χ2n) is 4.22. The number of halogens is 1. The highest BCUT2D eigenvalue weighted by Crippen LogP contribution is 2.19. The fraction of sp³-hybridized carbons (Fsp3) is 0.0833. The van der Waals surface area contributed by atoms with E-state index in [1.807, 2.05) is 0 Å². The first-order valence-electron chi connectivity index (χ1n) is 5.71. The summed E-state index contributed by atoms with van der Waals surface area (Å²) in [6.45, 7) is 1.61. The van der Waals surface area contributed by atoms with Gasteiger partial charge in [-0.05, 0) is 36.8 Å². The predicted molar refractivity (Wildman–Crippen MR) is 77.5 cm³/mol. The van der Waals surface area contributed by atoms with E-state index >= 15 is 0 Å². The van der Waals surface area contributed by atoms with Crippen LogP contribution in [-0.4, -0.2) is 24.5 Å². The Morgan fingerprint density at radius 1 is 1.24 bits per heavy atom. The Bertz CT molecular complexity index is 791. The minimum absolute atomic E-state index is 0.0529. The normalized spacial score (nSPS) is 11.2. The van der Waals surface area contributed by atoms with E-state index in [1.54, 1.807) is 19.1 Å². The van der Waals surface area contributed by atoms with Crippen molar-refractivity contribution in [3.05, 3.63) is 46.7 Å². The maximum Gasteiger partial charge on any atom is 0.276 e. The molecule has 0 atom stereocenters. The van der Waals surface area contributed by atoms with Crippen molar-refractivity contribution in [2.45, 2.75) is 11.8 Å². The molecule has 1 amide bonds. The maximum atomic E-state index is 11.9. The van der Waals surface area contributed by atoms with Crippen molar-refractivity contribution in [3.63, 3.8) is 0 Å². The van der Waals surface area contributed by atoms with Gasteiger partial charge in [-0.3, -0.25) is 4.79 Å². The molecular weight excluding hydrogens is 316 g/mol. The van der Waals surface area contributed by atoms with E-state index in [-0.39, 0.29) is 21.4 Å². The molecule has 0 unspecified atom stereocenters. The van der Waals surface area contributed by atoms with Gasteiger partial charge in [0.05, 0.1) is 4.90 Å². The number of aromatic nitrogens is 2. The second kappa shape index (κ2) is 5.76. The van der Waals surface area contributed by atoms with Crippen molar-refractivity contribution in [2.24, 2.45) is 5.14 Å². The summed E-state index contributed by atoms with van der Waals surface area (Å²) in [4.78, 5) is 11.9. The van der Waals surface area contributed by atoms with Crippen molar-refractivity contribution in [3.8, 4) is 0 Å². The minimum Gasteiger partial charge on any atom is -0.321 e. The number of anilines is 1. The summed E-state index contributed by atoms with van der Waals surface area (Å²) in [5.74, 6) is -0.539. The van der Waals surface area contributed by atoms with Crippen LogP contribution >= 0.6 is 11.6 Å². The third kappa shape index (κ3) is 3.75. The molecule has 0 saturated heterocycles. The Hall–Kier alpha value is -2.03. The van der Waals surface area contributed by atoms with E-state index in [1.165, 1.54) is 18.2 Å². The molecule has 0 aliphatic heterocycles. The smallest absolute Gasteiger partial charge is 0.276 e. The van der Waals surface area contributed by atoms with Crippen molar-refractivity contribution < 1.29 is 13.2 Å². The van der Waals surface area contributed by atoms with Crippen LogP contribution in [0.2, 0.25) is 5.15 Å². The number of nitrogens with two attached hydrogens (primary N) is 1. The van der Waals surface area contributed by atoms with E-state index in [0.29, 0.717) is 5.56 Å². The average molecular weight is 327 g/mol. The zero-order valence-corrected chi connectivity index (χ0v) is 12.4. The Morgan fingerprint density at radius 2 is 1.95 bits per heavy atom. The van der Waals surface area contributed by atoms with Gasteiger partial charge in [-0.25, -0.2) is 13.6 Å². The van der Waals surface area contributed by atoms with Gasteiger partial charge in [-0.2, -0.15) is 0 Å². The van der Waals surface area contributed by atoms with Crippen LogP contribution in [-0.2, 0) is 10.0 Å². The molecule has 2 aromatic rings. The number of amides is 1. The molecule has 9 heteroatoms. The van der Waals surface area contributed by atoms with Crippen LogP contribution in [0.1, 0.15) is 16.1 Å². The molecule has 0 saturated carbocycles. The van der Waals surface area contributed by atoms with Gasteiger partial charge in [-0.1, -0.05) is 17.7 Å². The third-order valence-electron chi connectivity index (χ3n) is 2.62. The Morgan fingerprint density at radius 3 is 2.52 bits per heavy atom. The molecule has 2 rings (SSSR count). The molecule has 0 aliphatic rings. The number of nitrogens with one attached hydrogen (secondary N) is 1. The predicted octanol–water partition coefficient (Wildman–Crippen LogP) is 1.34. The van der Waals surface area contributed by atoms with Crippen LogP contribution in [0.3, 0.4) is 0 Å². The highest BCUT2D eigenvalue weighted by molar-refractivity contribution is 7.89. The van der Waals surface area contributed by atoms with Crippen LogP contribution in [0.15, 0.2) is 35.2 Å². The molecule has 1 aromatic carbocycles. The zero-order chi connectivity index (χ0) is 15.6. The molecule has 1 aromatic heterocycles. The van der Waals surface area contributed by atoms with Crippen LogP contribution in [0.4, 0.5) is 5.69 Å². The number of primary sulfonamides is 1. The molecule has 1 heterocycles. The van der Waals surface area contributed by atoms with Crippen LogP contribution < -0.4 is 10.5 Å². The molecule has 7 nitrogen and oxygen atoms in total. The molecule has 0 spiro atoms. The lowest BCUT2D eigenvalue weighted by Gasteiger charge is -2.08. The maximum absolute atomic E-state index is 11.9. The largest absolute Gasteiger partial charge is 0.321 e. The fourth-order valence-corrected chi connectivity index (χ4v) is 2.53. The first-order chi connectivity index (χ1) is 9.77. The topological polar surface area (TPSA) is 115 Å². The van der Waals surface area contributed by atoms with Gasteiger partial charge in [0.25, 0.3) is 5.91 Å². The summed E-state index contributed by atoms with van der Waals surface area (Å²) in [6, 6.07) is 7.22. The first kappa shape index (κ1) is 15.4. The van der Waals surface area contributed by atoms with E-state index in [9.17, 15) is 13.2 Å². The molecule has 110 valence electrons. The molecule has 21 heavy (non-hydrogen) atoms. The molecule has 0 radical (unpaired) electrons. The van der Waals surface area contributed by atoms with Crippen LogP contribution in [0, 0.1) is 6.92 Å². The summed E-state index contributed by atoms with van der Waals surface area (Å²) < 4.78 is 22.9. The summed E-state index contributed by atoms with van der Waals surface area (Å²) in [5.41, 5.74) is 0.824. The number of benzene rings is 1. The third-order valence-corrected chi connectivity index (χ3v) is 3.87. The standard InChI is InChI=1S/C12H11ClN4O3S/c1-7-2-3-8(6-10(7)21(14,19)20)15-12(18)9-4-5-11(13)17-16-9/h2-6H,1H3,(H,15,18)(H2,14,19,20). The SMILES string of the molecule is Cc1ccc(NC(=O)c2ccc(Cl)nn2)cc1S(N)(=O)=O. The molecule has 0 bridgehead atoms. The van der Waals surface area contributed by atoms with Crippen molar-refractivity contribution in [1.29, 1.82) is 0 Å². The number of hydrogen-bond acceptors (Lipinski definition) is 5. The van der Waals surface area contributed by atoms with Crippen LogP contribution in [0.25, 0.3) is 0 Å². The summed E-state index contributed by atoms with van der Waals surface area (Å²) >= 11 is 5.58. The number of carbonyl (C=O) groups is 1. The van der Waals surface area contributed by atoms with Gasteiger partial charge in [0.2, 0.25) is 10.0 Å². The molecule has 3 N–H and O–H groups in total. The fourth-order valence-electron chi connectivity index (χ4n) is 1.62. The first-order valence-corrected chi connectivity index (χ1v) is 7.64. The van der Waals surface area contributed by atoms with Gasteiger partial charge in [0.15, 0.2) is 10.8 Å². The van der Waals surface area contributed by atoms with Gasteiger partial charge in [-0.15, -0.1) is 10.2 Å². The van der Waals surface area contributed by atoms with Crippen molar-refractivity contribution >= 4 is 33.2 Å². The van der Waals surface area contributed by atoms with E-state index < -0.39 is 15.9 Å². The van der Waals surface area contributed by atoms with E-state index in [0.717, 1.165) is 0 Å². The lowest BCUT2D eigenvalue weighted by Crippen LogP contribution is -2.17. The lowest BCUT2D eigenvalue weighted by atomic mass is 10.2. The Kier molecular flexibility index (Phi) is 4.21.